The maximum absolute atomic E-state index is 11.3. The number of hydrogen-bond donors (Lipinski definition) is 2. The lowest BCUT2D eigenvalue weighted by Gasteiger charge is -2.22. The number of aldehydes is 1. The number of benzene rings is 1. The van der Waals surface area contributed by atoms with Crippen molar-refractivity contribution in [1.29, 1.82) is 0 Å². The van der Waals surface area contributed by atoms with Crippen LogP contribution in [0.15, 0.2) is 42.7 Å². The number of β-amino-alcohol motifs (C(OH)–C–C–N with tert-alkyl or cyclic N) is 1. The largest absolute Gasteiger partial charge is 0.392 e. The highest BCUT2D eigenvalue weighted by Gasteiger charge is 2.35. The third-order valence-electron chi connectivity index (χ3n) is 7.06. The predicted octanol–water partition coefficient (Wildman–Crippen LogP) is 3.08. The molecule has 5 heterocycles. The molecule has 4 aromatic rings. The average Bonchev–Trinajstić information content (AvgIpc) is 3.56. The van der Waals surface area contributed by atoms with Gasteiger partial charge in [-0.05, 0) is 36.8 Å². The smallest absolute Gasteiger partial charge is 0.154 e. The summed E-state index contributed by atoms with van der Waals surface area (Å²) in [6.45, 7) is 2.39. The van der Waals surface area contributed by atoms with Gasteiger partial charge in [0.15, 0.2) is 5.65 Å². The summed E-state index contributed by atoms with van der Waals surface area (Å²) in [7, 11) is 0. The highest BCUT2D eigenvalue weighted by atomic mass is 16.5. The molecular formula is C25H27N5O3. The van der Waals surface area contributed by atoms with Gasteiger partial charge in [-0.15, -0.1) is 0 Å². The van der Waals surface area contributed by atoms with Crippen molar-refractivity contribution >= 4 is 23.0 Å². The zero-order chi connectivity index (χ0) is 22.4. The van der Waals surface area contributed by atoms with E-state index in [2.05, 4.69) is 38.6 Å². The van der Waals surface area contributed by atoms with E-state index in [1.807, 2.05) is 23.4 Å². The van der Waals surface area contributed by atoms with Gasteiger partial charge in [-0.25, -0.2) is 9.97 Å². The van der Waals surface area contributed by atoms with Crippen LogP contribution >= 0.6 is 0 Å². The average molecular weight is 446 g/mol. The highest BCUT2D eigenvalue weighted by Crippen LogP contribution is 2.37. The van der Waals surface area contributed by atoms with Crippen molar-refractivity contribution in [3.05, 3.63) is 54.1 Å². The number of aromatic nitrogens is 4. The van der Waals surface area contributed by atoms with Crippen LogP contribution in [0.3, 0.4) is 0 Å². The molecule has 170 valence electrons. The summed E-state index contributed by atoms with van der Waals surface area (Å²) < 4.78 is 7.64. The van der Waals surface area contributed by atoms with Crippen molar-refractivity contribution in [2.45, 2.75) is 37.3 Å². The van der Waals surface area contributed by atoms with Crippen LogP contribution in [-0.2, 0) is 9.53 Å². The number of rotatable bonds is 5. The first kappa shape index (κ1) is 20.5. The summed E-state index contributed by atoms with van der Waals surface area (Å²) in [4.78, 5) is 26.2. The number of hydrogen-bond acceptors (Lipinski definition) is 6. The third-order valence-corrected chi connectivity index (χ3v) is 7.06. The van der Waals surface area contributed by atoms with E-state index in [1.165, 1.54) is 5.56 Å². The normalized spacial score (nSPS) is 22.5. The van der Waals surface area contributed by atoms with E-state index in [9.17, 15) is 9.90 Å². The number of imidazole rings is 1. The van der Waals surface area contributed by atoms with Gasteiger partial charge in [-0.1, -0.05) is 24.3 Å². The van der Waals surface area contributed by atoms with E-state index in [0.717, 1.165) is 66.1 Å². The fraction of sp³-hybridized carbons (Fsp3) is 0.400. The lowest BCUT2D eigenvalue weighted by molar-refractivity contribution is -0.109. The van der Waals surface area contributed by atoms with Crippen molar-refractivity contribution in [2.75, 3.05) is 26.3 Å². The molecule has 0 amide bonds. The number of aromatic amines is 1. The van der Waals surface area contributed by atoms with Crippen molar-refractivity contribution < 1.29 is 14.6 Å². The summed E-state index contributed by atoms with van der Waals surface area (Å²) in [6, 6.07) is 10.5. The Bertz CT molecular complexity index is 1290. The molecule has 2 N–H and O–H groups in total. The van der Waals surface area contributed by atoms with E-state index in [1.54, 1.807) is 0 Å². The number of aliphatic hydroxyl groups is 1. The molecule has 8 heteroatoms. The second-order valence-electron chi connectivity index (χ2n) is 9.04. The van der Waals surface area contributed by atoms with Crippen LogP contribution in [0.5, 0.6) is 0 Å². The number of fused-ring (bicyclic) bond motifs is 3. The second kappa shape index (κ2) is 8.37. The van der Waals surface area contributed by atoms with Crippen LogP contribution in [0.2, 0.25) is 0 Å². The highest BCUT2D eigenvalue weighted by molar-refractivity contribution is 5.84. The number of carbonyl (C=O) groups excluding carboxylic acids is 1. The van der Waals surface area contributed by atoms with Crippen molar-refractivity contribution in [1.82, 2.24) is 24.3 Å². The number of H-pyrrole nitrogens is 1. The number of carbonyl (C=O) groups is 1. The van der Waals surface area contributed by atoms with Crippen LogP contribution in [0.4, 0.5) is 0 Å². The molecule has 0 radical (unpaired) electrons. The number of likely N-dealkylation sites (tertiary alicyclic amines) is 1. The third kappa shape index (κ3) is 3.55. The summed E-state index contributed by atoms with van der Waals surface area (Å²) in [5.41, 5.74) is 5.88. The molecule has 0 bridgehead atoms. The first-order valence-electron chi connectivity index (χ1n) is 11.6. The Kier molecular flexibility index (Phi) is 5.21. The Morgan fingerprint density at radius 1 is 1.15 bits per heavy atom. The minimum Gasteiger partial charge on any atom is -0.392 e. The first-order chi connectivity index (χ1) is 16.2. The molecule has 0 aliphatic carbocycles. The number of nitrogens with zero attached hydrogens (tertiary/aromatic N) is 4. The Balaban J connectivity index is 1.47. The summed E-state index contributed by atoms with van der Waals surface area (Å²) in [5, 5.41) is 10.4. The van der Waals surface area contributed by atoms with Gasteiger partial charge in [-0.3, -0.25) is 9.30 Å². The van der Waals surface area contributed by atoms with Crippen LogP contribution in [0.25, 0.3) is 27.9 Å². The lowest BCUT2D eigenvalue weighted by Crippen LogP contribution is -2.27. The molecule has 6 rings (SSSR count). The molecule has 2 aliphatic heterocycles. The molecule has 3 aromatic heterocycles. The molecule has 0 spiro atoms. The zero-order valence-corrected chi connectivity index (χ0v) is 18.4. The van der Waals surface area contributed by atoms with Crippen LogP contribution in [0, 0.1) is 0 Å². The van der Waals surface area contributed by atoms with Gasteiger partial charge in [0.1, 0.15) is 12.1 Å². The minimum absolute atomic E-state index is 0.145. The maximum Gasteiger partial charge on any atom is 0.154 e. The Morgan fingerprint density at radius 3 is 2.76 bits per heavy atom. The Labute approximate surface area is 191 Å². The van der Waals surface area contributed by atoms with Gasteiger partial charge >= 0.3 is 0 Å². The molecule has 33 heavy (non-hydrogen) atoms. The van der Waals surface area contributed by atoms with Crippen LogP contribution < -0.4 is 0 Å². The monoisotopic (exact) mass is 445 g/mol. The van der Waals surface area contributed by atoms with Gasteiger partial charge in [-0.2, -0.15) is 0 Å². The first-order valence-corrected chi connectivity index (χ1v) is 11.6. The van der Waals surface area contributed by atoms with Gasteiger partial charge in [0.05, 0.1) is 41.6 Å². The minimum atomic E-state index is -0.479. The maximum atomic E-state index is 11.3. The molecule has 8 nitrogen and oxygen atoms in total. The van der Waals surface area contributed by atoms with E-state index in [-0.39, 0.29) is 12.6 Å². The van der Waals surface area contributed by atoms with E-state index < -0.39 is 6.10 Å². The van der Waals surface area contributed by atoms with E-state index >= 15 is 0 Å². The fourth-order valence-electron chi connectivity index (χ4n) is 5.41. The molecule has 2 atom stereocenters. The quantitative estimate of drug-likeness (QED) is 0.459. The summed E-state index contributed by atoms with van der Waals surface area (Å²) in [5.74, 6) is 1.37. The fourth-order valence-corrected chi connectivity index (χ4v) is 5.41. The molecular weight excluding hydrogens is 418 g/mol. The molecule has 2 fully saturated rings. The van der Waals surface area contributed by atoms with E-state index in [4.69, 9.17) is 9.72 Å². The lowest BCUT2D eigenvalue weighted by atomic mass is 9.91. The second-order valence-corrected chi connectivity index (χ2v) is 9.04. The van der Waals surface area contributed by atoms with Gasteiger partial charge in [0.25, 0.3) is 0 Å². The number of nitrogens with one attached hydrogen (secondary N) is 1. The van der Waals surface area contributed by atoms with Crippen LogP contribution in [0.1, 0.15) is 42.6 Å². The van der Waals surface area contributed by atoms with Gasteiger partial charge in [0.2, 0.25) is 0 Å². The number of aliphatic hydroxyl groups excluding tert-OH is 1. The molecule has 2 saturated heterocycles. The molecule has 2 aliphatic rings. The Hall–Kier alpha value is -3.07. The Morgan fingerprint density at radius 2 is 1.97 bits per heavy atom. The molecule has 1 aromatic carbocycles. The van der Waals surface area contributed by atoms with Gasteiger partial charge < -0.3 is 19.6 Å². The van der Waals surface area contributed by atoms with Crippen molar-refractivity contribution in [3.63, 3.8) is 0 Å². The molecule has 0 unspecified atom stereocenters. The standard InChI is InChI=1S/C25H27N5O3/c31-10-9-29-15-19(32)13-21(29)25-28-23(22-14-27-24-20(30(22)25)5-8-26-24)18-3-1-16(2-4-18)17-6-11-33-12-7-17/h1-5,8,10,14,17,19,21,26,32H,6-7,9,11-13,15H2/t19-,21-/m1/s1. The summed E-state index contributed by atoms with van der Waals surface area (Å²) >= 11 is 0. The topological polar surface area (TPSA) is 95.8 Å². The van der Waals surface area contributed by atoms with Crippen molar-refractivity contribution in [3.8, 4) is 11.3 Å². The SMILES string of the molecule is O=CCN1C[C@H](O)C[C@@H]1c1nc(-c2ccc(C3CCOCC3)cc2)c2cnc3[nH]ccc3n12. The van der Waals surface area contributed by atoms with E-state index in [0.29, 0.717) is 18.9 Å². The van der Waals surface area contributed by atoms with Gasteiger partial charge in [0, 0.05) is 31.5 Å². The zero-order valence-electron chi connectivity index (χ0n) is 18.4. The predicted molar refractivity (Wildman–Crippen MR) is 124 cm³/mol. The van der Waals surface area contributed by atoms with Crippen LogP contribution in [-0.4, -0.2) is 68.1 Å². The summed E-state index contributed by atoms with van der Waals surface area (Å²) in [6.07, 6.45) is 6.80. The number of ether oxygens (including phenoxy) is 1. The molecule has 0 saturated carbocycles. The van der Waals surface area contributed by atoms with Crippen molar-refractivity contribution in [2.24, 2.45) is 0 Å².